The molecule has 2 heterocycles. The zero-order chi connectivity index (χ0) is 23.9. The van der Waals surface area contributed by atoms with Gasteiger partial charge in [-0.3, -0.25) is 14.6 Å². The fourth-order valence-electron chi connectivity index (χ4n) is 3.20. The van der Waals surface area contributed by atoms with Crippen molar-refractivity contribution in [3.05, 3.63) is 101 Å². The molecule has 0 aliphatic heterocycles. The number of nitrogens with one attached hydrogen (secondary N) is 2. The van der Waals surface area contributed by atoms with Gasteiger partial charge in [0.2, 0.25) is 0 Å². The van der Waals surface area contributed by atoms with E-state index in [4.69, 9.17) is 9.47 Å². The fourth-order valence-corrected chi connectivity index (χ4v) is 3.20. The maximum absolute atomic E-state index is 12.9. The third-order valence-electron chi connectivity index (χ3n) is 4.99. The van der Waals surface area contributed by atoms with Gasteiger partial charge >= 0.3 is 0 Å². The lowest BCUT2D eigenvalue weighted by Crippen LogP contribution is -2.23. The molecule has 34 heavy (non-hydrogen) atoms. The minimum absolute atomic E-state index is 0.178. The molecular weight excluding hydrogens is 434 g/mol. The molecular formula is C25H23N5O4. The third kappa shape index (κ3) is 5.21. The van der Waals surface area contributed by atoms with Crippen molar-refractivity contribution in [2.45, 2.75) is 6.54 Å². The molecule has 0 aliphatic rings. The van der Waals surface area contributed by atoms with Crippen LogP contribution in [0.5, 0.6) is 17.2 Å². The molecule has 4 aromatic rings. The molecule has 0 aliphatic carbocycles. The molecule has 0 saturated heterocycles. The summed E-state index contributed by atoms with van der Waals surface area (Å²) in [5.41, 5.74) is 1.72. The van der Waals surface area contributed by atoms with E-state index in [1.807, 2.05) is 18.2 Å². The summed E-state index contributed by atoms with van der Waals surface area (Å²) in [5, 5.41) is 10.0. The lowest BCUT2D eigenvalue weighted by atomic mass is 10.1. The van der Waals surface area contributed by atoms with Gasteiger partial charge in [0.05, 0.1) is 13.3 Å². The Kier molecular flexibility index (Phi) is 6.83. The molecule has 172 valence electrons. The van der Waals surface area contributed by atoms with Crippen molar-refractivity contribution >= 4 is 17.3 Å². The van der Waals surface area contributed by atoms with E-state index in [0.29, 0.717) is 29.3 Å². The van der Waals surface area contributed by atoms with E-state index < -0.39 is 0 Å². The van der Waals surface area contributed by atoms with Crippen molar-refractivity contribution in [2.24, 2.45) is 7.05 Å². The minimum atomic E-state index is -0.389. The molecule has 0 radical (unpaired) electrons. The quantitative estimate of drug-likeness (QED) is 0.416. The Balaban J connectivity index is 1.57. The number of aryl methyl sites for hydroxylation is 1. The molecule has 9 nitrogen and oxygen atoms in total. The number of methoxy groups -OCH3 is 1. The Hall–Kier alpha value is -4.66. The molecule has 0 bridgehead atoms. The Bertz CT molecular complexity index is 1360. The molecule has 9 heteroatoms. The Morgan fingerprint density at radius 2 is 1.76 bits per heavy atom. The van der Waals surface area contributed by atoms with E-state index in [1.165, 1.54) is 18.0 Å². The van der Waals surface area contributed by atoms with Crippen LogP contribution < -0.4 is 25.7 Å². The SMILES string of the molecule is COc1ccccc1Oc1cnn(C)c(=O)c1Nc1cccc(C(=O)NCc2ccncc2)c1. The number of pyridine rings is 1. The smallest absolute Gasteiger partial charge is 0.294 e. The van der Waals surface area contributed by atoms with Crippen molar-refractivity contribution in [2.75, 3.05) is 12.4 Å². The molecule has 0 fully saturated rings. The minimum Gasteiger partial charge on any atom is -0.493 e. The van der Waals surface area contributed by atoms with E-state index in [9.17, 15) is 9.59 Å². The Morgan fingerprint density at radius 1 is 1.00 bits per heavy atom. The normalized spacial score (nSPS) is 10.4. The van der Waals surface area contributed by atoms with Crippen molar-refractivity contribution in [3.63, 3.8) is 0 Å². The fraction of sp³-hybridized carbons (Fsp3) is 0.120. The number of anilines is 2. The van der Waals surface area contributed by atoms with Gasteiger partial charge in [-0.1, -0.05) is 18.2 Å². The van der Waals surface area contributed by atoms with Gasteiger partial charge in [0, 0.05) is 37.2 Å². The third-order valence-corrected chi connectivity index (χ3v) is 4.99. The number of carbonyl (C=O) groups is 1. The van der Waals surface area contributed by atoms with Gasteiger partial charge in [0.15, 0.2) is 22.9 Å². The van der Waals surface area contributed by atoms with E-state index in [0.717, 1.165) is 5.56 Å². The summed E-state index contributed by atoms with van der Waals surface area (Å²) in [6, 6.07) is 17.6. The highest BCUT2D eigenvalue weighted by Crippen LogP contribution is 2.34. The van der Waals surface area contributed by atoms with E-state index >= 15 is 0 Å². The van der Waals surface area contributed by atoms with Crippen LogP contribution >= 0.6 is 0 Å². The zero-order valence-corrected chi connectivity index (χ0v) is 18.7. The number of hydrogen-bond donors (Lipinski definition) is 2. The highest BCUT2D eigenvalue weighted by molar-refractivity contribution is 5.95. The molecule has 1 amide bonds. The summed E-state index contributed by atoms with van der Waals surface area (Å²) in [4.78, 5) is 29.5. The summed E-state index contributed by atoms with van der Waals surface area (Å²) in [6.45, 7) is 0.376. The van der Waals surface area contributed by atoms with Crippen molar-refractivity contribution in [1.29, 1.82) is 0 Å². The second-order valence-corrected chi connectivity index (χ2v) is 7.31. The molecule has 0 saturated carbocycles. The standard InChI is InChI=1S/C25H23N5O4/c1-30-25(32)23(22(16-28-30)34-21-9-4-3-8-20(21)33-2)29-19-7-5-6-18(14-19)24(31)27-15-17-10-12-26-13-11-17/h3-14,16,29H,15H2,1-2H3,(H,27,31). The molecule has 4 rings (SSSR count). The lowest BCUT2D eigenvalue weighted by Gasteiger charge is -2.15. The van der Waals surface area contributed by atoms with Crippen LogP contribution in [-0.4, -0.2) is 27.8 Å². The first-order valence-electron chi connectivity index (χ1n) is 10.5. The number of aromatic nitrogens is 3. The predicted octanol–water partition coefficient (Wildman–Crippen LogP) is 3.65. The molecule has 0 spiro atoms. The van der Waals surface area contributed by atoms with Gasteiger partial charge in [-0.15, -0.1) is 0 Å². The van der Waals surface area contributed by atoms with Crippen LogP contribution in [0.3, 0.4) is 0 Å². The highest BCUT2D eigenvalue weighted by Gasteiger charge is 2.15. The number of nitrogens with zero attached hydrogens (tertiary/aromatic N) is 3. The number of ether oxygens (including phenoxy) is 2. The Labute approximate surface area is 196 Å². The lowest BCUT2D eigenvalue weighted by molar-refractivity contribution is 0.0951. The first-order chi connectivity index (χ1) is 16.5. The van der Waals surface area contributed by atoms with Gasteiger partial charge in [-0.2, -0.15) is 5.10 Å². The Morgan fingerprint density at radius 3 is 2.53 bits per heavy atom. The zero-order valence-electron chi connectivity index (χ0n) is 18.7. The van der Waals surface area contributed by atoms with Crippen molar-refractivity contribution in [1.82, 2.24) is 20.1 Å². The first-order valence-corrected chi connectivity index (χ1v) is 10.5. The van der Waals surface area contributed by atoms with Crippen LogP contribution in [0.15, 0.2) is 84.0 Å². The number of amides is 1. The predicted molar refractivity (Wildman–Crippen MR) is 128 cm³/mol. The first kappa shape index (κ1) is 22.5. The highest BCUT2D eigenvalue weighted by atomic mass is 16.5. The van der Waals surface area contributed by atoms with Crippen molar-refractivity contribution in [3.8, 4) is 17.2 Å². The van der Waals surface area contributed by atoms with Crippen LogP contribution in [-0.2, 0) is 13.6 Å². The van der Waals surface area contributed by atoms with E-state index in [2.05, 4.69) is 20.7 Å². The summed E-state index contributed by atoms with van der Waals surface area (Å²) in [7, 11) is 3.08. The number of hydrogen-bond acceptors (Lipinski definition) is 7. The molecule has 0 unspecified atom stereocenters. The number of para-hydroxylation sites is 2. The van der Waals surface area contributed by atoms with Crippen LogP contribution in [0, 0.1) is 0 Å². The van der Waals surface area contributed by atoms with Gasteiger partial charge in [-0.25, -0.2) is 4.68 Å². The number of benzene rings is 2. The topological polar surface area (TPSA) is 107 Å². The molecule has 2 N–H and O–H groups in total. The number of carbonyl (C=O) groups excluding carboxylic acids is 1. The molecule has 2 aromatic carbocycles. The largest absolute Gasteiger partial charge is 0.493 e. The van der Waals surface area contributed by atoms with E-state index in [1.54, 1.807) is 61.9 Å². The van der Waals surface area contributed by atoms with Crippen LogP contribution in [0.1, 0.15) is 15.9 Å². The van der Waals surface area contributed by atoms with Crippen molar-refractivity contribution < 1.29 is 14.3 Å². The summed E-state index contributed by atoms with van der Waals surface area (Å²) < 4.78 is 12.5. The van der Waals surface area contributed by atoms with Crippen LogP contribution in [0.25, 0.3) is 0 Å². The summed E-state index contributed by atoms with van der Waals surface area (Å²) >= 11 is 0. The molecule has 0 atom stereocenters. The van der Waals surface area contributed by atoms with Gasteiger partial charge < -0.3 is 20.1 Å². The van der Waals surface area contributed by atoms with Gasteiger partial charge in [0.1, 0.15) is 0 Å². The second-order valence-electron chi connectivity index (χ2n) is 7.31. The van der Waals surface area contributed by atoms with Crippen LogP contribution in [0.2, 0.25) is 0 Å². The average molecular weight is 457 g/mol. The van der Waals surface area contributed by atoms with Gasteiger partial charge in [-0.05, 0) is 48.0 Å². The number of rotatable bonds is 8. The van der Waals surface area contributed by atoms with E-state index in [-0.39, 0.29) is 22.9 Å². The van der Waals surface area contributed by atoms with Crippen LogP contribution in [0.4, 0.5) is 11.4 Å². The summed E-state index contributed by atoms with van der Waals surface area (Å²) in [6.07, 6.45) is 4.79. The average Bonchev–Trinajstić information content (AvgIpc) is 2.88. The van der Waals surface area contributed by atoms with Gasteiger partial charge in [0.25, 0.3) is 11.5 Å². The molecule has 2 aromatic heterocycles. The maximum Gasteiger partial charge on any atom is 0.294 e. The maximum atomic E-state index is 12.9. The monoisotopic (exact) mass is 457 g/mol. The second kappa shape index (κ2) is 10.3. The summed E-state index contributed by atoms with van der Waals surface area (Å²) in [5.74, 6) is 0.933.